The van der Waals surface area contributed by atoms with Crippen LogP contribution in [0, 0.1) is 5.82 Å². The van der Waals surface area contributed by atoms with E-state index >= 15 is 0 Å². The van der Waals surface area contributed by atoms with Crippen LogP contribution in [0.5, 0.6) is 0 Å². The van der Waals surface area contributed by atoms with Crippen LogP contribution in [0.4, 0.5) is 10.3 Å². The number of hydrogen-bond acceptors (Lipinski definition) is 5. The third-order valence-corrected chi connectivity index (χ3v) is 5.51. The van der Waals surface area contributed by atoms with Crippen molar-refractivity contribution in [3.63, 3.8) is 0 Å². The van der Waals surface area contributed by atoms with Crippen molar-refractivity contribution in [2.75, 3.05) is 11.9 Å². The molecule has 1 aliphatic heterocycles. The van der Waals surface area contributed by atoms with Crippen molar-refractivity contribution < 1.29 is 9.18 Å². The molecule has 0 radical (unpaired) electrons. The second kappa shape index (κ2) is 7.53. The Hall–Kier alpha value is -3.26. The summed E-state index contributed by atoms with van der Waals surface area (Å²) in [6.45, 7) is 0.672. The SMILES string of the molecule is O=C1NCCCC[C@H]1Nc1nc2cccc(Cl)c2c2nc(-c3ccc(F)cc3)nn12. The molecule has 1 atom stereocenters. The summed E-state index contributed by atoms with van der Waals surface area (Å²) in [5, 5.41) is 11.9. The van der Waals surface area contributed by atoms with Crippen LogP contribution in [0.15, 0.2) is 42.5 Å². The van der Waals surface area contributed by atoms with Crippen LogP contribution in [-0.2, 0) is 4.79 Å². The average Bonchev–Trinajstić information content (AvgIpc) is 3.08. The average molecular weight is 425 g/mol. The molecule has 1 aliphatic rings. The van der Waals surface area contributed by atoms with E-state index in [0.717, 1.165) is 12.8 Å². The highest BCUT2D eigenvalue weighted by atomic mass is 35.5. The minimum absolute atomic E-state index is 0.0625. The first-order valence-electron chi connectivity index (χ1n) is 9.75. The van der Waals surface area contributed by atoms with Gasteiger partial charge in [-0.15, -0.1) is 5.10 Å². The van der Waals surface area contributed by atoms with Gasteiger partial charge in [-0.1, -0.05) is 17.7 Å². The number of benzene rings is 2. The van der Waals surface area contributed by atoms with Crippen molar-refractivity contribution in [1.29, 1.82) is 0 Å². The maximum absolute atomic E-state index is 13.3. The number of hydrogen-bond donors (Lipinski definition) is 2. The quantitative estimate of drug-likeness (QED) is 0.522. The molecule has 0 bridgehead atoms. The highest BCUT2D eigenvalue weighted by molar-refractivity contribution is 6.36. The summed E-state index contributed by atoms with van der Waals surface area (Å²) < 4.78 is 14.9. The van der Waals surface area contributed by atoms with Gasteiger partial charge < -0.3 is 10.6 Å². The van der Waals surface area contributed by atoms with Crippen LogP contribution >= 0.6 is 11.6 Å². The van der Waals surface area contributed by atoms with Gasteiger partial charge in [0.05, 0.1) is 15.9 Å². The first-order valence-corrected chi connectivity index (χ1v) is 10.1. The lowest BCUT2D eigenvalue weighted by atomic mass is 10.1. The van der Waals surface area contributed by atoms with Gasteiger partial charge in [0.25, 0.3) is 0 Å². The molecule has 0 aliphatic carbocycles. The van der Waals surface area contributed by atoms with E-state index in [2.05, 4.69) is 25.7 Å². The molecule has 2 aromatic carbocycles. The Balaban J connectivity index is 1.68. The molecule has 4 aromatic rings. The van der Waals surface area contributed by atoms with Gasteiger partial charge >= 0.3 is 0 Å². The smallest absolute Gasteiger partial charge is 0.242 e. The number of anilines is 1. The van der Waals surface area contributed by atoms with Crippen LogP contribution in [0.2, 0.25) is 5.02 Å². The Morgan fingerprint density at radius 3 is 2.80 bits per heavy atom. The number of halogens is 2. The van der Waals surface area contributed by atoms with Gasteiger partial charge in [0.15, 0.2) is 11.5 Å². The van der Waals surface area contributed by atoms with Gasteiger partial charge in [-0.25, -0.2) is 14.4 Å². The maximum atomic E-state index is 13.3. The molecule has 152 valence electrons. The second-order valence-electron chi connectivity index (χ2n) is 7.23. The van der Waals surface area contributed by atoms with Crippen LogP contribution < -0.4 is 10.6 Å². The minimum Gasteiger partial charge on any atom is -0.354 e. The molecule has 0 spiro atoms. The Kier molecular flexibility index (Phi) is 4.71. The molecule has 7 nitrogen and oxygen atoms in total. The summed E-state index contributed by atoms with van der Waals surface area (Å²) in [7, 11) is 0. The number of carbonyl (C=O) groups is 1. The number of rotatable bonds is 3. The monoisotopic (exact) mass is 424 g/mol. The number of nitrogens with one attached hydrogen (secondary N) is 2. The fraction of sp³-hybridized carbons (Fsp3) is 0.238. The van der Waals surface area contributed by atoms with Crippen LogP contribution in [-0.4, -0.2) is 38.1 Å². The van der Waals surface area contributed by atoms with E-state index in [4.69, 9.17) is 11.6 Å². The molecule has 2 aromatic heterocycles. The molecule has 3 heterocycles. The van der Waals surface area contributed by atoms with Gasteiger partial charge in [-0.2, -0.15) is 4.52 Å². The molecule has 0 saturated carbocycles. The highest BCUT2D eigenvalue weighted by Crippen LogP contribution is 2.30. The number of amides is 1. The second-order valence-corrected chi connectivity index (χ2v) is 7.64. The maximum Gasteiger partial charge on any atom is 0.242 e. The van der Waals surface area contributed by atoms with E-state index in [1.165, 1.54) is 12.1 Å². The summed E-state index contributed by atoms with van der Waals surface area (Å²) in [6.07, 6.45) is 2.57. The first-order chi connectivity index (χ1) is 14.6. The van der Waals surface area contributed by atoms with Crippen molar-refractivity contribution in [3.05, 3.63) is 53.3 Å². The van der Waals surface area contributed by atoms with Gasteiger partial charge in [0, 0.05) is 12.1 Å². The van der Waals surface area contributed by atoms with Gasteiger partial charge in [0.1, 0.15) is 11.9 Å². The van der Waals surface area contributed by atoms with Crippen molar-refractivity contribution in [2.45, 2.75) is 25.3 Å². The molecule has 9 heteroatoms. The number of fused-ring (bicyclic) bond motifs is 3. The Morgan fingerprint density at radius 1 is 1.13 bits per heavy atom. The Labute approximate surface area is 176 Å². The van der Waals surface area contributed by atoms with Crippen LogP contribution in [0.25, 0.3) is 27.9 Å². The molecule has 1 saturated heterocycles. The number of aromatic nitrogens is 4. The molecular weight excluding hydrogens is 407 g/mol. The first kappa shape index (κ1) is 18.7. The Morgan fingerprint density at radius 2 is 1.97 bits per heavy atom. The van der Waals surface area contributed by atoms with Crippen LogP contribution in [0.3, 0.4) is 0 Å². The highest BCUT2D eigenvalue weighted by Gasteiger charge is 2.24. The predicted octanol–water partition coefficient (Wildman–Crippen LogP) is 3.82. The van der Waals surface area contributed by atoms with Crippen molar-refractivity contribution in [1.82, 2.24) is 24.9 Å². The zero-order valence-electron chi connectivity index (χ0n) is 15.9. The third kappa shape index (κ3) is 3.33. The molecule has 2 N–H and O–H groups in total. The topological polar surface area (TPSA) is 84.2 Å². The fourth-order valence-corrected chi connectivity index (χ4v) is 3.91. The zero-order valence-corrected chi connectivity index (χ0v) is 16.7. The van der Waals surface area contributed by atoms with Crippen molar-refractivity contribution in [2.24, 2.45) is 0 Å². The van der Waals surface area contributed by atoms with E-state index in [1.54, 1.807) is 22.7 Å². The summed E-state index contributed by atoms with van der Waals surface area (Å²) in [5.74, 6) is 0.423. The largest absolute Gasteiger partial charge is 0.354 e. The molecule has 0 unspecified atom stereocenters. The minimum atomic E-state index is -0.418. The standard InChI is InChI=1S/C21H18ClFN6O/c22-14-4-3-6-15-17(14)19-27-18(12-7-9-13(23)10-8-12)28-29(19)21(25-15)26-16-5-1-2-11-24-20(16)30/h3-4,6-10,16H,1-2,5,11H2,(H,24,30)(H,25,26)/t16-/m1/s1. The third-order valence-electron chi connectivity index (χ3n) is 5.19. The van der Waals surface area contributed by atoms with Gasteiger partial charge in [-0.05, 0) is 55.7 Å². The summed E-state index contributed by atoms with van der Waals surface area (Å²) >= 11 is 6.45. The Bertz CT molecular complexity index is 1260. The van der Waals surface area contributed by atoms with Crippen molar-refractivity contribution >= 4 is 40.0 Å². The molecule has 30 heavy (non-hydrogen) atoms. The zero-order chi connectivity index (χ0) is 20.7. The van der Waals surface area contributed by atoms with E-state index in [-0.39, 0.29) is 11.7 Å². The fourth-order valence-electron chi connectivity index (χ4n) is 3.66. The number of carbonyl (C=O) groups excluding carboxylic acids is 1. The van der Waals surface area contributed by atoms with E-state index in [1.807, 2.05) is 12.1 Å². The van der Waals surface area contributed by atoms with E-state index < -0.39 is 6.04 Å². The lowest BCUT2D eigenvalue weighted by molar-refractivity contribution is -0.121. The van der Waals surface area contributed by atoms with E-state index in [0.29, 0.717) is 51.9 Å². The molecule has 1 amide bonds. The normalized spacial score (nSPS) is 17.1. The molecule has 5 rings (SSSR count). The van der Waals surface area contributed by atoms with Crippen molar-refractivity contribution in [3.8, 4) is 11.4 Å². The van der Waals surface area contributed by atoms with Gasteiger partial charge in [0.2, 0.25) is 11.9 Å². The van der Waals surface area contributed by atoms with Gasteiger partial charge in [-0.3, -0.25) is 4.79 Å². The lowest BCUT2D eigenvalue weighted by Crippen LogP contribution is -2.38. The summed E-state index contributed by atoms with van der Waals surface area (Å²) in [6, 6.07) is 11.0. The molecular formula is C21H18ClFN6O. The summed E-state index contributed by atoms with van der Waals surface area (Å²) in [4.78, 5) is 21.8. The predicted molar refractivity (Wildman–Crippen MR) is 113 cm³/mol. The lowest BCUT2D eigenvalue weighted by Gasteiger charge is -2.16. The van der Waals surface area contributed by atoms with E-state index in [9.17, 15) is 9.18 Å². The summed E-state index contributed by atoms with van der Waals surface area (Å²) in [5.41, 5.74) is 1.82. The number of nitrogens with zero attached hydrogens (tertiary/aromatic N) is 4. The van der Waals surface area contributed by atoms with Crippen LogP contribution in [0.1, 0.15) is 19.3 Å². The molecule has 1 fully saturated rings.